The SMILES string of the molecule is C=C/C=C(C=O)\C=C/C.CN1CCC(NC=O)CC1.Cc1cc2cc(OC3CCN(c4ccc(C(N)=O)cc4)CC3)ccc2o1. The number of hydrogen-bond donors (Lipinski definition) is 2. The maximum Gasteiger partial charge on any atom is 0.248 e. The van der Waals surface area contributed by atoms with E-state index in [2.05, 4.69) is 28.7 Å². The van der Waals surface area contributed by atoms with Gasteiger partial charge in [0.25, 0.3) is 0 Å². The van der Waals surface area contributed by atoms with Gasteiger partial charge in [0.2, 0.25) is 12.3 Å². The third kappa shape index (κ3) is 11.4. The van der Waals surface area contributed by atoms with Gasteiger partial charge in [0.1, 0.15) is 29.5 Å². The number of benzene rings is 2. The van der Waals surface area contributed by atoms with E-state index >= 15 is 0 Å². The van der Waals surface area contributed by atoms with Crippen molar-refractivity contribution in [2.75, 3.05) is 38.1 Å². The summed E-state index contributed by atoms with van der Waals surface area (Å²) in [6.45, 7) is 11.3. The molecule has 0 spiro atoms. The van der Waals surface area contributed by atoms with Crippen LogP contribution in [-0.4, -0.2) is 68.9 Å². The molecule has 0 bridgehead atoms. The zero-order chi connectivity index (χ0) is 32.6. The number of primary amides is 1. The number of rotatable bonds is 9. The number of aryl methyl sites for hydroxylation is 1. The lowest BCUT2D eigenvalue weighted by Gasteiger charge is -2.33. The van der Waals surface area contributed by atoms with Crippen molar-refractivity contribution in [1.29, 1.82) is 0 Å². The van der Waals surface area contributed by atoms with E-state index in [4.69, 9.17) is 14.9 Å². The van der Waals surface area contributed by atoms with E-state index < -0.39 is 5.91 Å². The predicted molar refractivity (Wildman–Crippen MR) is 181 cm³/mol. The lowest BCUT2D eigenvalue weighted by molar-refractivity contribution is -0.110. The van der Waals surface area contributed by atoms with Crippen LogP contribution in [0.2, 0.25) is 0 Å². The first-order valence-corrected chi connectivity index (χ1v) is 15.4. The standard InChI is InChI=1S/C21H22N2O3.C8H10O.C7H14N2O/c1-14-12-16-13-19(6-7-20(16)25-14)26-18-8-10-23(11-9-18)17-4-2-15(3-5-17)21(22)24;1-3-5-8(7-9)6-4-2;1-9-4-2-7(3-5-9)8-6-10/h2-7,12-13,18H,8-11H2,1H3,(H2,22,24);3-7H,1H2,2H3;6-7H,2-5H2,1H3,(H,8,10)/b;6-4-,8-5+;. The Morgan fingerprint density at radius 2 is 1.71 bits per heavy atom. The average molecular weight is 615 g/mol. The summed E-state index contributed by atoms with van der Waals surface area (Å²) in [6.07, 6.45) is 12.7. The molecule has 45 heavy (non-hydrogen) atoms. The summed E-state index contributed by atoms with van der Waals surface area (Å²) in [5.41, 5.74) is 8.49. The lowest BCUT2D eigenvalue weighted by Crippen LogP contribution is -2.40. The number of fused-ring (bicyclic) bond motifs is 1. The molecular weight excluding hydrogens is 568 g/mol. The van der Waals surface area contributed by atoms with Crippen molar-refractivity contribution >= 4 is 35.3 Å². The molecule has 9 nitrogen and oxygen atoms in total. The molecule has 3 aromatic rings. The number of hydrogen-bond acceptors (Lipinski definition) is 7. The molecule has 2 aliphatic rings. The molecule has 240 valence electrons. The molecule has 0 aliphatic carbocycles. The maximum absolute atomic E-state index is 11.2. The third-order valence-corrected chi connectivity index (χ3v) is 7.70. The number of amides is 2. The summed E-state index contributed by atoms with van der Waals surface area (Å²) in [5, 5.41) is 3.87. The Balaban J connectivity index is 0.000000239. The van der Waals surface area contributed by atoms with Crippen LogP contribution in [-0.2, 0) is 9.59 Å². The van der Waals surface area contributed by atoms with Crippen LogP contribution in [0.25, 0.3) is 11.0 Å². The predicted octanol–water partition coefficient (Wildman–Crippen LogP) is 5.59. The Kier molecular flexibility index (Phi) is 14.1. The van der Waals surface area contributed by atoms with Gasteiger partial charge >= 0.3 is 0 Å². The van der Waals surface area contributed by atoms with Gasteiger partial charge in [-0.1, -0.05) is 30.9 Å². The number of ether oxygens (including phenoxy) is 1. The summed E-state index contributed by atoms with van der Waals surface area (Å²) in [6, 6.07) is 15.9. The summed E-state index contributed by atoms with van der Waals surface area (Å²) < 4.78 is 11.8. The third-order valence-electron chi connectivity index (χ3n) is 7.70. The number of nitrogens with two attached hydrogens (primary N) is 1. The van der Waals surface area contributed by atoms with E-state index in [-0.39, 0.29) is 6.10 Å². The zero-order valence-corrected chi connectivity index (χ0v) is 26.6. The van der Waals surface area contributed by atoms with Gasteiger partial charge in [0, 0.05) is 54.2 Å². The molecule has 0 radical (unpaired) electrons. The fourth-order valence-electron chi connectivity index (χ4n) is 5.22. The van der Waals surface area contributed by atoms with Gasteiger partial charge in [0.05, 0.1) is 0 Å². The molecule has 2 aliphatic heterocycles. The van der Waals surface area contributed by atoms with E-state index in [0.717, 1.165) is 92.7 Å². The molecule has 2 saturated heterocycles. The second-order valence-electron chi connectivity index (χ2n) is 11.2. The van der Waals surface area contributed by atoms with Crippen molar-refractivity contribution < 1.29 is 23.5 Å². The second-order valence-corrected chi connectivity index (χ2v) is 11.2. The molecule has 0 atom stereocenters. The molecule has 2 aromatic carbocycles. The zero-order valence-electron chi connectivity index (χ0n) is 26.6. The van der Waals surface area contributed by atoms with Crippen molar-refractivity contribution in [2.24, 2.45) is 5.73 Å². The summed E-state index contributed by atoms with van der Waals surface area (Å²) in [7, 11) is 2.11. The van der Waals surface area contributed by atoms with Gasteiger partial charge in [-0.25, -0.2) is 0 Å². The van der Waals surface area contributed by atoms with E-state index in [1.807, 2.05) is 56.3 Å². The second kappa shape index (κ2) is 18.2. The maximum atomic E-state index is 11.2. The van der Waals surface area contributed by atoms with Gasteiger partial charge in [0.15, 0.2) is 0 Å². The van der Waals surface area contributed by atoms with Crippen LogP contribution in [0.5, 0.6) is 5.75 Å². The monoisotopic (exact) mass is 614 g/mol. The van der Waals surface area contributed by atoms with Gasteiger partial charge in [-0.15, -0.1) is 0 Å². The number of nitrogens with zero attached hydrogens (tertiary/aromatic N) is 2. The van der Waals surface area contributed by atoms with Gasteiger partial charge < -0.3 is 30.0 Å². The minimum atomic E-state index is -0.395. The topological polar surface area (TPSA) is 118 Å². The quantitative estimate of drug-likeness (QED) is 0.183. The van der Waals surface area contributed by atoms with E-state index in [9.17, 15) is 14.4 Å². The van der Waals surface area contributed by atoms with Crippen LogP contribution in [0.15, 0.2) is 89.4 Å². The van der Waals surface area contributed by atoms with E-state index in [1.54, 1.807) is 30.4 Å². The van der Waals surface area contributed by atoms with Crippen molar-refractivity contribution in [3.63, 3.8) is 0 Å². The molecule has 9 heteroatoms. The Hall–Kier alpha value is -4.63. The van der Waals surface area contributed by atoms with Gasteiger partial charge in [-0.05, 0) is 95.4 Å². The highest BCUT2D eigenvalue weighted by Crippen LogP contribution is 2.27. The summed E-state index contributed by atoms with van der Waals surface area (Å²) in [5.74, 6) is 1.41. The van der Waals surface area contributed by atoms with Crippen LogP contribution < -0.4 is 20.7 Å². The van der Waals surface area contributed by atoms with Crippen LogP contribution in [0.3, 0.4) is 0 Å². The van der Waals surface area contributed by atoms with Crippen molar-refractivity contribution in [3.05, 3.63) is 96.3 Å². The number of furan rings is 1. The Bertz CT molecular complexity index is 1440. The number of nitrogens with one attached hydrogen (secondary N) is 1. The molecular formula is C36H46N4O5. The molecule has 5 rings (SSSR count). The van der Waals surface area contributed by atoms with Crippen LogP contribution in [0, 0.1) is 6.92 Å². The normalized spacial score (nSPS) is 16.2. The fourth-order valence-corrected chi connectivity index (χ4v) is 5.22. The smallest absolute Gasteiger partial charge is 0.248 e. The number of allylic oxidation sites excluding steroid dienone is 5. The minimum Gasteiger partial charge on any atom is -0.490 e. The highest BCUT2D eigenvalue weighted by molar-refractivity contribution is 5.93. The number of piperidine rings is 2. The molecule has 1 aromatic heterocycles. The molecule has 2 amide bonds. The van der Waals surface area contributed by atoms with Gasteiger partial charge in [-0.3, -0.25) is 14.4 Å². The summed E-state index contributed by atoms with van der Waals surface area (Å²) >= 11 is 0. The number of aldehydes is 1. The first-order valence-electron chi connectivity index (χ1n) is 15.4. The molecule has 0 saturated carbocycles. The lowest BCUT2D eigenvalue weighted by atomic mass is 10.1. The highest BCUT2D eigenvalue weighted by atomic mass is 16.5. The summed E-state index contributed by atoms with van der Waals surface area (Å²) in [4.78, 5) is 35.9. The number of carbonyl (C=O) groups excluding carboxylic acids is 3. The number of carbonyl (C=O) groups is 3. The van der Waals surface area contributed by atoms with Crippen molar-refractivity contribution in [1.82, 2.24) is 10.2 Å². The van der Waals surface area contributed by atoms with Crippen LogP contribution in [0.4, 0.5) is 5.69 Å². The van der Waals surface area contributed by atoms with Crippen molar-refractivity contribution in [2.45, 2.75) is 51.7 Å². The molecule has 3 N–H and O–H groups in total. The van der Waals surface area contributed by atoms with Gasteiger partial charge in [-0.2, -0.15) is 0 Å². The largest absolute Gasteiger partial charge is 0.490 e. The minimum absolute atomic E-state index is 0.210. The molecule has 3 heterocycles. The van der Waals surface area contributed by atoms with E-state index in [1.165, 1.54) is 0 Å². The average Bonchev–Trinajstić information content (AvgIpc) is 3.42. The van der Waals surface area contributed by atoms with E-state index in [0.29, 0.717) is 17.2 Å². The number of anilines is 1. The van der Waals surface area contributed by atoms with Crippen LogP contribution in [0.1, 0.15) is 48.7 Å². The fraction of sp³-hybridized carbons (Fsp3) is 0.361. The highest BCUT2D eigenvalue weighted by Gasteiger charge is 2.21. The molecule has 0 unspecified atom stereocenters. The first-order chi connectivity index (χ1) is 21.8. The molecule has 2 fully saturated rings. The Morgan fingerprint density at radius 3 is 2.29 bits per heavy atom. The Morgan fingerprint density at radius 1 is 1.02 bits per heavy atom. The van der Waals surface area contributed by atoms with Crippen molar-refractivity contribution in [3.8, 4) is 5.75 Å². The first kappa shape index (κ1) is 34.9. The Labute approximate surface area is 266 Å². The van der Waals surface area contributed by atoms with Crippen LogP contribution >= 0.6 is 0 Å². The number of likely N-dealkylation sites (tertiary alicyclic amines) is 1.